The van der Waals surface area contributed by atoms with Crippen LogP contribution in [0.25, 0.3) is 0 Å². The molecule has 1 aliphatic rings. The molecule has 1 aromatic carbocycles. The summed E-state index contributed by atoms with van der Waals surface area (Å²) < 4.78 is 0. The number of likely N-dealkylation sites (tertiary alicyclic amines) is 1. The van der Waals surface area contributed by atoms with Gasteiger partial charge in [0, 0.05) is 28.1 Å². The molecule has 3 N–H and O–H groups in total. The number of primary amides is 1. The zero-order valence-electron chi connectivity index (χ0n) is 11.1. The van der Waals surface area contributed by atoms with Crippen LogP contribution in [-0.4, -0.2) is 35.5 Å². The van der Waals surface area contributed by atoms with E-state index >= 15 is 0 Å². The summed E-state index contributed by atoms with van der Waals surface area (Å²) in [5.74, 6) is -0.277. The molecule has 0 saturated carbocycles. The largest absolute Gasteiger partial charge is 0.387 e. The summed E-state index contributed by atoms with van der Waals surface area (Å²) in [6.07, 6.45) is 0.794. The molecule has 0 radical (unpaired) electrons. The number of benzene rings is 1. The van der Waals surface area contributed by atoms with E-state index in [1.54, 1.807) is 18.2 Å². The van der Waals surface area contributed by atoms with Gasteiger partial charge in [0.05, 0.1) is 6.10 Å². The molecule has 0 bridgehead atoms. The molecule has 110 valence electrons. The van der Waals surface area contributed by atoms with Crippen molar-refractivity contribution in [3.05, 3.63) is 33.8 Å². The summed E-state index contributed by atoms with van der Waals surface area (Å²) in [5, 5.41) is 11.3. The van der Waals surface area contributed by atoms with E-state index in [-0.39, 0.29) is 11.8 Å². The van der Waals surface area contributed by atoms with E-state index in [0.717, 1.165) is 25.9 Å². The van der Waals surface area contributed by atoms with Gasteiger partial charge in [0.1, 0.15) is 0 Å². The molecule has 1 fully saturated rings. The van der Waals surface area contributed by atoms with Crippen molar-refractivity contribution in [2.75, 3.05) is 19.6 Å². The first-order valence-electron chi connectivity index (χ1n) is 6.62. The van der Waals surface area contributed by atoms with Crippen molar-refractivity contribution in [2.24, 2.45) is 11.7 Å². The monoisotopic (exact) mass is 316 g/mol. The van der Waals surface area contributed by atoms with Crippen molar-refractivity contribution in [3.8, 4) is 0 Å². The Labute approximate surface area is 128 Å². The first kappa shape index (κ1) is 15.6. The minimum atomic E-state index is -0.689. The third-order valence-corrected chi connectivity index (χ3v) is 4.32. The Morgan fingerprint density at radius 1 is 1.40 bits per heavy atom. The van der Waals surface area contributed by atoms with Crippen LogP contribution in [0.2, 0.25) is 10.0 Å². The third kappa shape index (κ3) is 3.85. The maximum absolute atomic E-state index is 11.1. The predicted molar refractivity (Wildman–Crippen MR) is 79.8 cm³/mol. The molecule has 1 atom stereocenters. The molecular formula is C14H18Cl2N2O2. The van der Waals surface area contributed by atoms with Crippen molar-refractivity contribution in [1.82, 2.24) is 4.90 Å². The van der Waals surface area contributed by atoms with Crippen LogP contribution in [0.15, 0.2) is 18.2 Å². The number of aliphatic hydroxyl groups excluding tert-OH is 1. The Bertz CT molecular complexity index is 488. The van der Waals surface area contributed by atoms with Gasteiger partial charge >= 0.3 is 0 Å². The van der Waals surface area contributed by atoms with Crippen LogP contribution in [0.5, 0.6) is 0 Å². The number of carbonyl (C=O) groups excluding carboxylic acids is 1. The van der Waals surface area contributed by atoms with Crippen LogP contribution < -0.4 is 5.73 Å². The molecule has 0 aliphatic carbocycles. The van der Waals surface area contributed by atoms with Gasteiger partial charge in [-0.25, -0.2) is 0 Å². The fourth-order valence-corrected chi connectivity index (χ4v) is 2.94. The standard InChI is InChI=1S/C14H18Cl2N2O2/c15-10-1-2-12(16)11(7-10)13(19)8-18-5-3-9(4-6-18)14(17)20/h1-2,7,9,13,19H,3-6,8H2,(H2,17,20)/t13-/m1/s1. The maximum Gasteiger partial charge on any atom is 0.220 e. The first-order chi connectivity index (χ1) is 9.47. The lowest BCUT2D eigenvalue weighted by Gasteiger charge is -2.32. The van der Waals surface area contributed by atoms with E-state index in [1.165, 1.54) is 0 Å². The second-order valence-corrected chi connectivity index (χ2v) is 6.00. The van der Waals surface area contributed by atoms with Crippen molar-refractivity contribution in [1.29, 1.82) is 0 Å². The lowest BCUT2D eigenvalue weighted by atomic mass is 9.96. The molecule has 2 rings (SSSR count). The van der Waals surface area contributed by atoms with E-state index in [9.17, 15) is 9.90 Å². The Morgan fingerprint density at radius 2 is 2.05 bits per heavy atom. The number of amides is 1. The summed E-state index contributed by atoms with van der Waals surface area (Å²) >= 11 is 12.0. The Hall–Kier alpha value is -0.810. The maximum atomic E-state index is 11.1. The van der Waals surface area contributed by atoms with Crippen molar-refractivity contribution in [2.45, 2.75) is 18.9 Å². The van der Waals surface area contributed by atoms with Gasteiger partial charge in [0.25, 0.3) is 0 Å². The molecular weight excluding hydrogens is 299 g/mol. The topological polar surface area (TPSA) is 66.6 Å². The molecule has 6 heteroatoms. The molecule has 1 heterocycles. The minimum Gasteiger partial charge on any atom is -0.387 e. The van der Waals surface area contributed by atoms with Gasteiger partial charge in [0.2, 0.25) is 5.91 Å². The number of hydrogen-bond donors (Lipinski definition) is 2. The summed E-state index contributed by atoms with van der Waals surface area (Å²) in [7, 11) is 0. The number of carbonyl (C=O) groups is 1. The minimum absolute atomic E-state index is 0.0434. The van der Waals surface area contributed by atoms with Crippen molar-refractivity contribution in [3.63, 3.8) is 0 Å². The second kappa shape index (κ2) is 6.76. The number of hydrogen-bond acceptors (Lipinski definition) is 3. The highest BCUT2D eigenvalue weighted by Gasteiger charge is 2.25. The van der Waals surface area contributed by atoms with Crippen LogP contribution in [-0.2, 0) is 4.79 Å². The van der Waals surface area contributed by atoms with E-state index < -0.39 is 6.10 Å². The zero-order chi connectivity index (χ0) is 14.7. The van der Waals surface area contributed by atoms with Gasteiger partial charge in [-0.2, -0.15) is 0 Å². The zero-order valence-corrected chi connectivity index (χ0v) is 12.6. The Kier molecular flexibility index (Phi) is 5.27. The average molecular weight is 317 g/mol. The van der Waals surface area contributed by atoms with Crippen LogP contribution in [0.1, 0.15) is 24.5 Å². The van der Waals surface area contributed by atoms with Crippen LogP contribution in [0.4, 0.5) is 0 Å². The van der Waals surface area contributed by atoms with Gasteiger partial charge in [-0.1, -0.05) is 23.2 Å². The van der Waals surface area contributed by atoms with Gasteiger partial charge in [-0.05, 0) is 44.1 Å². The van der Waals surface area contributed by atoms with Crippen molar-refractivity contribution >= 4 is 29.1 Å². The van der Waals surface area contributed by atoms with E-state index in [4.69, 9.17) is 28.9 Å². The highest BCUT2D eigenvalue weighted by molar-refractivity contribution is 6.33. The second-order valence-electron chi connectivity index (χ2n) is 5.16. The summed E-state index contributed by atoms with van der Waals surface area (Å²) in [6, 6.07) is 5.06. The van der Waals surface area contributed by atoms with E-state index in [2.05, 4.69) is 4.90 Å². The van der Waals surface area contributed by atoms with E-state index in [0.29, 0.717) is 22.2 Å². The lowest BCUT2D eigenvalue weighted by molar-refractivity contribution is -0.123. The predicted octanol–water partition coefficient (Wildman–Crippen LogP) is 2.22. The van der Waals surface area contributed by atoms with Gasteiger partial charge in [-0.15, -0.1) is 0 Å². The molecule has 1 aromatic rings. The molecule has 20 heavy (non-hydrogen) atoms. The first-order valence-corrected chi connectivity index (χ1v) is 7.37. The smallest absolute Gasteiger partial charge is 0.220 e. The Balaban J connectivity index is 1.94. The highest BCUT2D eigenvalue weighted by atomic mass is 35.5. The molecule has 0 unspecified atom stereocenters. The van der Waals surface area contributed by atoms with Crippen LogP contribution >= 0.6 is 23.2 Å². The summed E-state index contributed by atoms with van der Waals surface area (Å²) in [5.41, 5.74) is 5.94. The average Bonchev–Trinajstić information content (AvgIpc) is 2.42. The molecule has 0 spiro atoms. The number of nitrogens with two attached hydrogens (primary N) is 1. The molecule has 1 amide bonds. The third-order valence-electron chi connectivity index (χ3n) is 3.74. The van der Waals surface area contributed by atoms with E-state index in [1.807, 2.05) is 0 Å². The molecule has 4 nitrogen and oxygen atoms in total. The molecule has 1 saturated heterocycles. The summed E-state index contributed by atoms with van der Waals surface area (Å²) in [4.78, 5) is 13.2. The van der Waals surface area contributed by atoms with Crippen molar-refractivity contribution < 1.29 is 9.90 Å². The normalized spacial score (nSPS) is 18.9. The van der Waals surface area contributed by atoms with Crippen LogP contribution in [0.3, 0.4) is 0 Å². The number of β-amino-alcohol motifs (C(OH)–C–C–N with tert-alkyl or cyclic N) is 1. The molecule has 1 aliphatic heterocycles. The number of piperidine rings is 1. The van der Waals surface area contributed by atoms with Crippen LogP contribution in [0, 0.1) is 5.92 Å². The number of nitrogens with zero attached hydrogens (tertiary/aromatic N) is 1. The summed E-state index contributed by atoms with van der Waals surface area (Å²) in [6.45, 7) is 1.98. The highest BCUT2D eigenvalue weighted by Crippen LogP contribution is 2.28. The lowest BCUT2D eigenvalue weighted by Crippen LogP contribution is -2.40. The van der Waals surface area contributed by atoms with Gasteiger partial charge in [-0.3, -0.25) is 4.79 Å². The quantitative estimate of drug-likeness (QED) is 0.895. The molecule has 0 aromatic heterocycles. The fraction of sp³-hybridized carbons (Fsp3) is 0.500. The Morgan fingerprint density at radius 3 is 2.65 bits per heavy atom. The fourth-order valence-electron chi connectivity index (χ4n) is 2.51. The van der Waals surface area contributed by atoms with Gasteiger partial charge in [0.15, 0.2) is 0 Å². The number of aliphatic hydroxyl groups is 1. The number of halogens is 2. The SMILES string of the molecule is NC(=O)C1CCN(C[C@@H](O)c2cc(Cl)ccc2Cl)CC1. The number of rotatable bonds is 4. The van der Waals surface area contributed by atoms with Gasteiger partial charge < -0.3 is 15.7 Å².